The lowest BCUT2D eigenvalue weighted by Crippen LogP contribution is -2.41. The number of fused-ring (bicyclic) bond motifs is 1. The smallest absolute Gasteiger partial charge is 0.356 e. The van der Waals surface area contributed by atoms with Gasteiger partial charge in [0.2, 0.25) is 12.2 Å². The van der Waals surface area contributed by atoms with Crippen molar-refractivity contribution in [3.63, 3.8) is 0 Å². The topological polar surface area (TPSA) is 200 Å². The Morgan fingerprint density at radius 1 is 0.956 bits per heavy atom. The third-order valence-electron chi connectivity index (χ3n) is 6.45. The zero-order chi connectivity index (χ0) is 32.1. The largest absolute Gasteiger partial charge is 0.450 e. The summed E-state index contributed by atoms with van der Waals surface area (Å²) in [6.45, 7) is 3.31. The van der Waals surface area contributed by atoms with Crippen molar-refractivity contribution in [2.75, 3.05) is 25.3 Å². The number of nitrogen functional groups attached to an aromatic ring is 1. The predicted octanol–water partition coefficient (Wildman–Crippen LogP) is 3.27. The summed E-state index contributed by atoms with van der Waals surface area (Å²) < 4.78 is 48.3. The Hall–Kier alpha value is -4.18. The maximum Gasteiger partial charge on any atom is 0.356 e. The predicted molar refractivity (Wildman–Crippen MR) is 161 cm³/mol. The minimum atomic E-state index is -3.82. The van der Waals surface area contributed by atoms with Crippen LogP contribution in [0.1, 0.15) is 40.8 Å². The number of nitrogens with one attached hydrogen (secondary N) is 1. The first kappa shape index (κ1) is 32.2. The molecule has 0 aliphatic carbocycles. The Kier molecular flexibility index (Phi) is 9.92. The molecule has 0 saturated carbocycles. The van der Waals surface area contributed by atoms with Gasteiger partial charge in [0.25, 0.3) is 5.56 Å². The highest BCUT2D eigenvalue weighted by Gasteiger charge is 2.53. The molecule has 1 fully saturated rings. The molecule has 3 heterocycles. The quantitative estimate of drug-likeness (QED) is 0.166. The van der Waals surface area contributed by atoms with Gasteiger partial charge in [-0.15, -0.1) is 0 Å². The van der Waals surface area contributed by atoms with Gasteiger partial charge in [0.05, 0.1) is 24.3 Å². The number of nitrogens with zero attached hydrogens (tertiary/aromatic N) is 2. The molecule has 2 aromatic heterocycles. The highest BCUT2D eigenvalue weighted by atomic mass is 32.1. The summed E-state index contributed by atoms with van der Waals surface area (Å²) >= 11 is 0.554. The third-order valence-corrected chi connectivity index (χ3v) is 9.16. The van der Waals surface area contributed by atoms with Gasteiger partial charge in [0.1, 0.15) is 4.70 Å². The molecule has 3 N–H and O–H groups in total. The van der Waals surface area contributed by atoms with E-state index < -0.39 is 61.0 Å². The van der Waals surface area contributed by atoms with Crippen LogP contribution in [0.4, 0.5) is 5.95 Å². The molecule has 0 spiro atoms. The van der Waals surface area contributed by atoms with Crippen LogP contribution >= 0.6 is 18.9 Å². The van der Waals surface area contributed by atoms with Crippen molar-refractivity contribution in [2.45, 2.75) is 38.6 Å². The SMILES string of the molecule is CCOP(=O)(CO[C@H]1O[C@@H](n2c(=O)sc3c(=O)[nH]c(N)nc32)[C@H](OC(=O)c2ccccc2)[C@@H]1OC(=O)c1ccccc1)OCC. The highest BCUT2D eigenvalue weighted by molar-refractivity contribution is 7.53. The highest BCUT2D eigenvalue weighted by Crippen LogP contribution is 2.49. The van der Waals surface area contributed by atoms with Gasteiger partial charge in [0.15, 0.2) is 30.4 Å². The molecule has 0 bridgehead atoms. The molecule has 1 saturated heterocycles. The zero-order valence-corrected chi connectivity index (χ0v) is 25.7. The first-order chi connectivity index (χ1) is 21.6. The van der Waals surface area contributed by atoms with Crippen molar-refractivity contribution in [3.8, 4) is 0 Å². The number of anilines is 1. The molecule has 45 heavy (non-hydrogen) atoms. The van der Waals surface area contributed by atoms with E-state index in [0.29, 0.717) is 11.3 Å². The number of hydrogen-bond donors (Lipinski definition) is 2. The Balaban J connectivity index is 1.60. The molecule has 4 aromatic rings. The van der Waals surface area contributed by atoms with Crippen LogP contribution in [0.15, 0.2) is 70.3 Å². The summed E-state index contributed by atoms with van der Waals surface area (Å²) in [6, 6.07) is 15.9. The molecule has 15 nitrogen and oxygen atoms in total. The number of nitrogens with two attached hydrogens (primary N) is 1. The van der Waals surface area contributed by atoms with Crippen molar-refractivity contribution < 1.29 is 42.1 Å². The van der Waals surface area contributed by atoms with Gasteiger partial charge in [0, 0.05) is 0 Å². The van der Waals surface area contributed by atoms with E-state index in [1.165, 1.54) is 24.3 Å². The standard InChI is InChI=1S/C28H29N4O11PS/c1-3-39-44(37,40-4-2)15-38-26-19(42-25(35)17-13-9-6-10-14-17)18(41-24(34)16-11-7-5-8-12-16)23(43-26)32-21-20(45-28(32)36)22(33)31-27(29)30-21/h5-14,18-19,23,26H,3-4,15H2,1-2H3,(H3,29,30,31,33)/t18-,19+,23-,26+/m1/s1. The van der Waals surface area contributed by atoms with Crippen LogP contribution in [0.3, 0.4) is 0 Å². The van der Waals surface area contributed by atoms with Crippen molar-refractivity contribution in [1.29, 1.82) is 0 Å². The van der Waals surface area contributed by atoms with E-state index in [2.05, 4.69) is 9.97 Å². The fourth-order valence-corrected chi connectivity index (χ4v) is 6.75. The lowest BCUT2D eigenvalue weighted by atomic mass is 10.1. The first-order valence-corrected chi connectivity index (χ1v) is 16.3. The number of aromatic nitrogens is 3. The molecule has 2 aromatic carbocycles. The van der Waals surface area contributed by atoms with Crippen molar-refractivity contribution in [2.24, 2.45) is 0 Å². The molecule has 1 aliphatic heterocycles. The van der Waals surface area contributed by atoms with E-state index in [9.17, 15) is 23.7 Å². The van der Waals surface area contributed by atoms with Crippen LogP contribution in [0.25, 0.3) is 10.3 Å². The number of carbonyl (C=O) groups excluding carboxylic acids is 2. The van der Waals surface area contributed by atoms with Crippen molar-refractivity contribution in [3.05, 3.63) is 91.8 Å². The molecule has 5 rings (SSSR count). The lowest BCUT2D eigenvalue weighted by molar-refractivity contribution is -0.169. The van der Waals surface area contributed by atoms with E-state index >= 15 is 0 Å². The summed E-state index contributed by atoms with van der Waals surface area (Å²) in [6.07, 6.45) is -6.86. The summed E-state index contributed by atoms with van der Waals surface area (Å²) in [4.78, 5) is 58.3. The second kappa shape index (κ2) is 13.9. The summed E-state index contributed by atoms with van der Waals surface area (Å²) in [7, 11) is -3.82. The minimum absolute atomic E-state index is 0.0381. The average Bonchev–Trinajstić information content (AvgIpc) is 3.52. The average molecular weight is 661 g/mol. The monoisotopic (exact) mass is 660 g/mol. The molecular formula is C28H29N4O11PS. The number of hydrogen-bond acceptors (Lipinski definition) is 14. The van der Waals surface area contributed by atoms with Gasteiger partial charge in [-0.3, -0.25) is 23.7 Å². The second-order valence-corrected chi connectivity index (χ2v) is 12.4. The van der Waals surface area contributed by atoms with Crippen LogP contribution in [0.2, 0.25) is 0 Å². The van der Waals surface area contributed by atoms with E-state index in [1.54, 1.807) is 50.2 Å². The number of rotatable bonds is 12. The molecule has 1 aliphatic rings. The maximum absolute atomic E-state index is 13.3. The molecule has 17 heteroatoms. The molecule has 0 unspecified atom stereocenters. The van der Waals surface area contributed by atoms with E-state index in [-0.39, 0.29) is 40.6 Å². The fraction of sp³-hybridized carbons (Fsp3) is 0.321. The Labute approximate surface area is 259 Å². The number of thiazole rings is 1. The third kappa shape index (κ3) is 7.06. The van der Waals surface area contributed by atoms with Crippen molar-refractivity contribution >= 4 is 47.2 Å². The van der Waals surface area contributed by atoms with Crippen LogP contribution in [0, 0.1) is 0 Å². The Bertz CT molecular complexity index is 1820. The molecule has 0 amide bonds. The van der Waals surface area contributed by atoms with Crippen LogP contribution in [-0.2, 0) is 32.6 Å². The molecule has 4 atom stereocenters. The Morgan fingerprint density at radius 2 is 1.51 bits per heavy atom. The zero-order valence-electron chi connectivity index (χ0n) is 24.0. The minimum Gasteiger partial charge on any atom is -0.450 e. The maximum atomic E-state index is 13.3. The van der Waals surface area contributed by atoms with Gasteiger partial charge >= 0.3 is 24.4 Å². The fourth-order valence-electron chi connectivity index (χ4n) is 4.57. The molecular weight excluding hydrogens is 631 g/mol. The molecule has 238 valence electrons. The van der Waals surface area contributed by atoms with Gasteiger partial charge in [-0.2, -0.15) is 4.98 Å². The lowest BCUT2D eigenvalue weighted by Gasteiger charge is -2.25. The number of benzene rings is 2. The van der Waals surface area contributed by atoms with E-state index in [1.807, 2.05) is 0 Å². The second-order valence-electron chi connectivity index (χ2n) is 9.45. The summed E-state index contributed by atoms with van der Waals surface area (Å²) in [5, 5.41) is 0. The van der Waals surface area contributed by atoms with Crippen LogP contribution < -0.4 is 16.2 Å². The van der Waals surface area contributed by atoms with Gasteiger partial charge in [-0.25, -0.2) is 9.59 Å². The Morgan fingerprint density at radius 3 is 2.07 bits per heavy atom. The van der Waals surface area contributed by atoms with E-state index in [4.69, 9.17) is 33.7 Å². The van der Waals surface area contributed by atoms with Gasteiger partial charge < -0.3 is 33.7 Å². The number of ether oxygens (including phenoxy) is 4. The number of carbonyl (C=O) groups is 2. The number of aromatic amines is 1. The molecule has 0 radical (unpaired) electrons. The van der Waals surface area contributed by atoms with Crippen LogP contribution in [-0.4, -0.2) is 64.5 Å². The normalized spacial score (nSPS) is 19.9. The summed E-state index contributed by atoms with van der Waals surface area (Å²) in [5.74, 6) is -1.97. The van der Waals surface area contributed by atoms with Crippen LogP contribution in [0.5, 0.6) is 0 Å². The van der Waals surface area contributed by atoms with Gasteiger partial charge in [-0.05, 0) is 38.1 Å². The van der Waals surface area contributed by atoms with Gasteiger partial charge in [-0.1, -0.05) is 47.7 Å². The number of H-pyrrole nitrogens is 1. The summed E-state index contributed by atoms with van der Waals surface area (Å²) in [5.41, 5.74) is 5.23. The van der Waals surface area contributed by atoms with E-state index in [0.717, 1.165) is 4.57 Å². The van der Waals surface area contributed by atoms with Crippen molar-refractivity contribution in [1.82, 2.24) is 14.5 Å². The number of esters is 2. The first-order valence-electron chi connectivity index (χ1n) is 13.7.